The fourth-order valence-electron chi connectivity index (χ4n) is 6.54. The summed E-state index contributed by atoms with van der Waals surface area (Å²) < 4.78 is 106. The van der Waals surface area contributed by atoms with Gasteiger partial charge in [-0.3, -0.25) is 10.1 Å². The van der Waals surface area contributed by atoms with Crippen LogP contribution < -0.4 is 216 Å². The van der Waals surface area contributed by atoms with Crippen LogP contribution in [0.3, 0.4) is 0 Å². The first kappa shape index (κ1) is 62.1. The zero-order valence-electron chi connectivity index (χ0n) is 37.7. The molecule has 0 saturated carbocycles. The summed E-state index contributed by atoms with van der Waals surface area (Å²) in [5, 5.41) is 46.7. The molecule has 0 radical (unpaired) electrons. The van der Waals surface area contributed by atoms with Crippen molar-refractivity contribution >= 4 is 113 Å². The van der Waals surface area contributed by atoms with E-state index in [2.05, 4.69) is 53.2 Å². The van der Waals surface area contributed by atoms with Gasteiger partial charge in [-0.15, -0.1) is 32.9 Å². The number of nitro groups is 1. The van der Waals surface area contributed by atoms with Gasteiger partial charge in [-0.05, 0) is 78.4 Å². The van der Waals surface area contributed by atoms with E-state index in [1.807, 2.05) is 36.4 Å². The minimum Gasteiger partial charge on any atom is -0.745 e. The number of hydrogen-bond acceptors (Lipinski definition) is 21. The van der Waals surface area contributed by atoms with E-state index < -0.39 is 55.7 Å². The molecule has 21 nitrogen and oxygen atoms in total. The molecule has 0 aliphatic carbocycles. The van der Waals surface area contributed by atoms with E-state index in [1.54, 1.807) is 6.07 Å². The molecule has 0 amide bonds. The zero-order chi connectivity index (χ0) is 47.8. The van der Waals surface area contributed by atoms with Crippen molar-refractivity contribution in [2.45, 2.75) is 21.6 Å². The maximum atomic E-state index is 12.3. The average molecular weight is 1130 g/mol. The summed E-state index contributed by atoms with van der Waals surface area (Å²) in [4.78, 5) is 18.1. The summed E-state index contributed by atoms with van der Waals surface area (Å²) in [6.45, 7) is 1.53. The number of fused-ring (bicyclic) bond motifs is 2. The topological polar surface area (TPSA) is 338 Å². The number of nitrogens with one attached hydrogen (secondary N) is 2. The molecular weight excluding hydrogens is 1110 g/mol. The van der Waals surface area contributed by atoms with Gasteiger partial charge < -0.3 is 24.3 Å². The Bertz CT molecular complexity index is 3810. The smallest absolute Gasteiger partial charge is 0.745 e. The second-order valence-electron chi connectivity index (χ2n) is 14.1. The number of non-ortho nitro benzene ring substituents is 1. The van der Waals surface area contributed by atoms with Crippen molar-refractivity contribution in [2.75, 3.05) is 10.6 Å². The summed E-state index contributed by atoms with van der Waals surface area (Å²) in [6, 6.07) is 31.3. The molecule has 8 rings (SSSR count). The molecule has 0 atom stereocenters. The number of azo groups is 2. The number of anilines is 4. The van der Waals surface area contributed by atoms with E-state index in [4.69, 9.17) is 0 Å². The number of nitro benzene ring substituents is 1. The maximum Gasteiger partial charge on any atom is 1.00 e. The molecule has 71 heavy (non-hydrogen) atoms. The van der Waals surface area contributed by atoms with Gasteiger partial charge in [0.1, 0.15) is 47.8 Å². The van der Waals surface area contributed by atoms with Crippen LogP contribution >= 0.6 is 11.3 Å². The molecule has 0 unspecified atom stereocenters. The number of benzene rings is 6. The summed E-state index contributed by atoms with van der Waals surface area (Å²) >= 11 is 0.890. The van der Waals surface area contributed by atoms with Gasteiger partial charge in [0.2, 0.25) is 5.13 Å². The van der Waals surface area contributed by atoms with Crippen LogP contribution in [0.2, 0.25) is 0 Å². The third kappa shape index (κ3) is 15.2. The standard InChI is InChI=1S/C42H27N10O11S4.4K/c1-23-35(22-43)39(44-28-9-14-32(15-10-28)65(55,56)57)47-40(45-29-11-16-33(17-12-29)66(58,59)60)37(23)49-51-42-46-38(27-7-6-24-4-2-3-5-25(24)18-27)41(64-42)50-48-30-19-26-8-13-31(52(53)54)21-34(26)36(20-30)67(61,62)63;;;;/h2-7,9-21H,1H3,(H2,44,45,47)(H,55,56,57)(H,58,59,60)(H,61,62,63);;;;/q-1;4*+1/p-3. The first-order valence-electron chi connectivity index (χ1n) is 18.8. The van der Waals surface area contributed by atoms with Gasteiger partial charge in [0.15, 0.2) is 22.3 Å². The Labute approximate surface area is 579 Å². The molecule has 8 aromatic rings. The van der Waals surface area contributed by atoms with Crippen LogP contribution in [0.4, 0.5) is 50.2 Å². The van der Waals surface area contributed by atoms with Crippen LogP contribution in [0, 0.1) is 34.4 Å². The molecule has 29 heteroatoms. The molecule has 2 N–H and O–H groups in total. The molecule has 0 bridgehead atoms. The first-order chi connectivity index (χ1) is 31.7. The fourth-order valence-corrected chi connectivity index (χ4v) is 8.91. The molecule has 0 spiro atoms. The van der Waals surface area contributed by atoms with Crippen molar-refractivity contribution < 1.29 is 249 Å². The molecule has 336 valence electrons. The number of nitriles is 1. The van der Waals surface area contributed by atoms with Crippen LogP contribution in [0.15, 0.2) is 150 Å². The molecule has 2 aromatic heterocycles. The van der Waals surface area contributed by atoms with E-state index in [0.717, 1.165) is 64.6 Å². The van der Waals surface area contributed by atoms with E-state index >= 15 is 0 Å². The van der Waals surface area contributed by atoms with Crippen molar-refractivity contribution in [1.29, 1.82) is 5.26 Å². The fraction of sp³-hybridized carbons (Fsp3) is 0.0238. The number of nitrogens with zero attached hydrogens (tertiary/aromatic N) is 8. The Morgan fingerprint density at radius 3 is 1.85 bits per heavy atom. The summed E-state index contributed by atoms with van der Waals surface area (Å²) in [7, 11) is -14.7. The third-order valence-corrected chi connectivity index (χ3v) is 13.1. The summed E-state index contributed by atoms with van der Waals surface area (Å²) in [6.07, 6.45) is 0. The van der Waals surface area contributed by atoms with Gasteiger partial charge in [-0.2, -0.15) is 10.4 Å². The predicted molar refractivity (Wildman–Crippen MR) is 240 cm³/mol. The number of rotatable bonds is 13. The van der Waals surface area contributed by atoms with Gasteiger partial charge in [-0.25, -0.2) is 35.2 Å². The average Bonchev–Trinajstić information content (AvgIpc) is 3.70. The summed E-state index contributed by atoms with van der Waals surface area (Å²) in [5.74, 6) is -0.0982. The number of hydrogen-bond donors (Lipinski definition) is 2. The van der Waals surface area contributed by atoms with Crippen LogP contribution in [0.5, 0.6) is 0 Å². The van der Waals surface area contributed by atoms with Crippen LogP contribution in [-0.4, -0.2) is 53.8 Å². The largest absolute Gasteiger partial charge is 1.00 e. The zero-order valence-corrected chi connectivity index (χ0v) is 53.4. The van der Waals surface area contributed by atoms with E-state index in [1.165, 1.54) is 37.3 Å². The van der Waals surface area contributed by atoms with Crippen LogP contribution in [-0.2, 0) is 30.4 Å². The Hall–Kier alpha value is -1.41. The Morgan fingerprint density at radius 1 is 0.690 bits per heavy atom. The normalized spacial score (nSPS) is 11.5. The van der Waals surface area contributed by atoms with Crippen LogP contribution in [0.25, 0.3) is 32.8 Å². The molecule has 0 aliphatic rings. The Balaban J connectivity index is 0.00000274. The monoisotopic (exact) mass is 1130 g/mol. The van der Waals surface area contributed by atoms with Crippen LogP contribution in [0.1, 0.15) is 11.1 Å². The molecule has 0 fully saturated rings. The molecular formula is C42H24K4N10O11S4. The molecule has 2 heterocycles. The second kappa shape index (κ2) is 26.1. The minimum atomic E-state index is -5.18. The third-order valence-electron chi connectivity index (χ3n) is 9.73. The Kier molecular flexibility index (Phi) is 22.8. The van der Waals surface area contributed by atoms with Gasteiger partial charge in [0, 0.05) is 38.0 Å². The number of aromatic nitrogens is 2. The molecule has 0 aliphatic heterocycles. The van der Waals surface area contributed by atoms with Crippen molar-refractivity contribution in [3.8, 4) is 17.3 Å². The van der Waals surface area contributed by atoms with Crippen molar-refractivity contribution in [1.82, 2.24) is 9.97 Å². The SMILES string of the molecule is Cc1c(C#N)c(Nc2ccc(S(=O)(=O)[O-])cc2)nc(Nc2ccc(S(=O)(=O)[O-])cc2)c1N=Nc1nc(-c2ccc3ccccc3c2)c(N=Nc2cc(S(=O)(=O)[O-])c3cc([N+](=O)[O-])c[c-]c3c2)s1.[K+].[K+].[K+].[K+]. The number of thiazole rings is 1. The predicted octanol–water partition coefficient (Wildman–Crippen LogP) is -2.55. The van der Waals surface area contributed by atoms with Crippen molar-refractivity contribution in [3.05, 3.63) is 143 Å². The molecule has 6 aromatic carbocycles. The maximum absolute atomic E-state index is 12.3. The Morgan fingerprint density at radius 2 is 1.28 bits per heavy atom. The quantitative estimate of drug-likeness (QED) is 0.0300. The summed E-state index contributed by atoms with van der Waals surface area (Å²) in [5.41, 5.74) is 0.822. The van der Waals surface area contributed by atoms with Gasteiger partial charge in [0.05, 0.1) is 15.4 Å². The second-order valence-corrected chi connectivity index (χ2v) is 19.1. The van der Waals surface area contributed by atoms with Gasteiger partial charge >= 0.3 is 206 Å². The molecule has 0 saturated heterocycles. The van der Waals surface area contributed by atoms with Crippen molar-refractivity contribution in [2.24, 2.45) is 20.5 Å². The first-order valence-corrected chi connectivity index (χ1v) is 23.8. The van der Waals surface area contributed by atoms with Crippen molar-refractivity contribution in [3.63, 3.8) is 0 Å². The van der Waals surface area contributed by atoms with Gasteiger partial charge in [0.25, 0.3) is 0 Å². The minimum absolute atomic E-state index is 0. The van der Waals surface area contributed by atoms with E-state index in [0.29, 0.717) is 5.56 Å². The van der Waals surface area contributed by atoms with E-state index in [-0.39, 0.29) is 278 Å². The number of pyridine rings is 1. The van der Waals surface area contributed by atoms with Gasteiger partial charge in [-0.1, -0.05) is 65.3 Å². The van der Waals surface area contributed by atoms with E-state index in [9.17, 15) is 54.3 Å².